The van der Waals surface area contributed by atoms with Crippen LogP contribution >= 0.6 is 0 Å². The van der Waals surface area contributed by atoms with Crippen molar-refractivity contribution in [1.82, 2.24) is 5.32 Å². The Balaban J connectivity index is 2.77. The summed E-state index contributed by atoms with van der Waals surface area (Å²) >= 11 is 0. The summed E-state index contributed by atoms with van der Waals surface area (Å²) in [6, 6.07) is -0.924. The maximum absolute atomic E-state index is 11.9. The zero-order valence-corrected chi connectivity index (χ0v) is 22.5. The predicted molar refractivity (Wildman–Crippen MR) is 132 cm³/mol. The molecule has 36 heavy (non-hydrogen) atoms. The van der Waals surface area contributed by atoms with Crippen LogP contribution in [-0.4, -0.2) is 67.7 Å². The molecule has 1 N–H and O–H groups in total. The van der Waals surface area contributed by atoms with Crippen LogP contribution in [0.3, 0.4) is 0 Å². The molecule has 1 aliphatic heterocycles. The summed E-state index contributed by atoms with van der Waals surface area (Å²) in [7, 11) is 0. The summed E-state index contributed by atoms with van der Waals surface area (Å²) in [4.78, 5) is 47.0. The minimum Gasteiger partial charge on any atom is -0.463 e. The summed E-state index contributed by atoms with van der Waals surface area (Å²) in [5.74, 6) is -2.21. The van der Waals surface area contributed by atoms with Gasteiger partial charge in [-0.25, -0.2) is 0 Å². The number of amides is 1. The number of carbonyl (C=O) groups is 4. The van der Waals surface area contributed by atoms with Gasteiger partial charge in [-0.05, 0) is 6.42 Å². The first-order valence-corrected chi connectivity index (χ1v) is 13.2. The lowest BCUT2D eigenvalue weighted by atomic mass is 9.96. The van der Waals surface area contributed by atoms with E-state index in [1.165, 1.54) is 72.6 Å². The fourth-order valence-corrected chi connectivity index (χ4v) is 4.22. The summed E-state index contributed by atoms with van der Waals surface area (Å²) < 4.78 is 27.9. The number of ether oxygens (including phenoxy) is 5. The van der Waals surface area contributed by atoms with Crippen LogP contribution in [0.15, 0.2) is 0 Å². The monoisotopic (exact) mass is 515 g/mol. The molecule has 0 radical (unpaired) electrons. The smallest absolute Gasteiger partial charge is 0.303 e. The summed E-state index contributed by atoms with van der Waals surface area (Å²) in [5, 5.41) is 2.70. The van der Waals surface area contributed by atoms with Gasteiger partial charge in [-0.2, -0.15) is 0 Å². The van der Waals surface area contributed by atoms with Crippen LogP contribution in [0.25, 0.3) is 0 Å². The SMILES string of the molecule is CCCCCCCCCCCCO[C@@H]1O[C@H](COC(C)=O)[C@H](OC(C)=O)[C@@H](OC(C)=O)[C@@H]1NC(C)=O. The van der Waals surface area contributed by atoms with Crippen LogP contribution in [0.5, 0.6) is 0 Å². The van der Waals surface area contributed by atoms with Crippen molar-refractivity contribution in [3.8, 4) is 0 Å². The summed E-state index contributed by atoms with van der Waals surface area (Å²) in [6.45, 7) is 7.31. The van der Waals surface area contributed by atoms with Crippen molar-refractivity contribution in [2.75, 3.05) is 13.2 Å². The fourth-order valence-electron chi connectivity index (χ4n) is 4.22. The number of nitrogens with one attached hydrogen (secondary N) is 1. The van der Waals surface area contributed by atoms with E-state index >= 15 is 0 Å². The van der Waals surface area contributed by atoms with E-state index in [9.17, 15) is 19.2 Å². The van der Waals surface area contributed by atoms with Crippen LogP contribution in [-0.2, 0) is 42.9 Å². The van der Waals surface area contributed by atoms with Crippen molar-refractivity contribution in [3.05, 3.63) is 0 Å². The van der Waals surface area contributed by atoms with Crippen LogP contribution in [0.1, 0.15) is 98.8 Å². The first-order chi connectivity index (χ1) is 17.1. The van der Waals surface area contributed by atoms with E-state index in [4.69, 9.17) is 23.7 Å². The standard InChI is InChI=1S/C26H45NO9/c1-6-7-8-9-10-11-12-13-14-15-16-32-26-23(27-18(2)28)25(35-21(5)31)24(34-20(4)30)22(36-26)17-33-19(3)29/h22-26H,6-17H2,1-5H3,(H,27,28)/t22-,23+,24+,25+,26-/m1/s1. The van der Waals surface area contributed by atoms with E-state index in [1.54, 1.807) is 0 Å². The highest BCUT2D eigenvalue weighted by Crippen LogP contribution is 2.28. The molecule has 1 saturated heterocycles. The first kappa shape index (κ1) is 31.8. The third-order valence-electron chi connectivity index (χ3n) is 5.85. The van der Waals surface area contributed by atoms with Crippen LogP contribution < -0.4 is 5.32 Å². The molecule has 0 aromatic heterocycles. The molecule has 0 spiro atoms. The molecule has 0 saturated carbocycles. The Hall–Kier alpha value is -2.20. The van der Waals surface area contributed by atoms with Crippen LogP contribution in [0.2, 0.25) is 0 Å². The average Bonchev–Trinajstić information content (AvgIpc) is 2.78. The lowest BCUT2D eigenvalue weighted by Crippen LogP contribution is -2.66. The molecule has 0 aliphatic carbocycles. The van der Waals surface area contributed by atoms with Crippen molar-refractivity contribution in [2.24, 2.45) is 0 Å². The molecule has 0 aromatic rings. The Morgan fingerprint density at radius 3 is 1.75 bits per heavy atom. The number of esters is 3. The molecule has 1 heterocycles. The molecule has 10 heteroatoms. The average molecular weight is 516 g/mol. The minimum absolute atomic E-state index is 0.240. The van der Waals surface area contributed by atoms with Gasteiger partial charge >= 0.3 is 17.9 Å². The van der Waals surface area contributed by atoms with Crippen molar-refractivity contribution in [3.63, 3.8) is 0 Å². The van der Waals surface area contributed by atoms with Crippen LogP contribution in [0, 0.1) is 0 Å². The van der Waals surface area contributed by atoms with E-state index in [0.717, 1.165) is 19.3 Å². The van der Waals surface area contributed by atoms with Gasteiger partial charge in [-0.15, -0.1) is 0 Å². The zero-order chi connectivity index (χ0) is 26.9. The van der Waals surface area contributed by atoms with Gasteiger partial charge in [0.25, 0.3) is 0 Å². The Kier molecular flexibility index (Phi) is 16.0. The molecule has 1 fully saturated rings. The molecular weight excluding hydrogens is 470 g/mol. The Morgan fingerprint density at radius 2 is 1.25 bits per heavy atom. The van der Waals surface area contributed by atoms with E-state index in [-0.39, 0.29) is 6.61 Å². The van der Waals surface area contributed by atoms with Crippen molar-refractivity contribution in [2.45, 2.75) is 129 Å². The fraction of sp³-hybridized carbons (Fsp3) is 0.846. The van der Waals surface area contributed by atoms with Crippen molar-refractivity contribution < 1.29 is 42.9 Å². The Bertz CT molecular complexity index is 684. The third kappa shape index (κ3) is 13.2. The summed E-state index contributed by atoms with van der Waals surface area (Å²) in [6.07, 6.45) is 7.60. The number of hydrogen-bond acceptors (Lipinski definition) is 9. The molecule has 1 aliphatic rings. The maximum atomic E-state index is 11.9. The molecule has 208 valence electrons. The molecule has 10 nitrogen and oxygen atoms in total. The van der Waals surface area contributed by atoms with Crippen LogP contribution in [0.4, 0.5) is 0 Å². The third-order valence-corrected chi connectivity index (χ3v) is 5.85. The van der Waals surface area contributed by atoms with E-state index in [1.807, 2.05) is 0 Å². The lowest BCUT2D eigenvalue weighted by molar-refractivity contribution is -0.277. The number of carbonyl (C=O) groups excluding carboxylic acids is 4. The lowest BCUT2D eigenvalue weighted by Gasteiger charge is -2.44. The van der Waals surface area contributed by atoms with Gasteiger partial charge in [-0.3, -0.25) is 19.2 Å². The van der Waals surface area contributed by atoms with E-state index < -0.39 is 54.5 Å². The largest absolute Gasteiger partial charge is 0.463 e. The van der Waals surface area contributed by atoms with Gasteiger partial charge in [0.15, 0.2) is 18.5 Å². The first-order valence-electron chi connectivity index (χ1n) is 13.2. The second-order valence-corrected chi connectivity index (χ2v) is 9.27. The molecule has 0 unspecified atom stereocenters. The van der Waals surface area contributed by atoms with Crippen molar-refractivity contribution in [1.29, 1.82) is 0 Å². The highest BCUT2D eigenvalue weighted by molar-refractivity contribution is 5.73. The highest BCUT2D eigenvalue weighted by Gasteiger charge is 2.51. The maximum Gasteiger partial charge on any atom is 0.303 e. The van der Waals surface area contributed by atoms with E-state index in [0.29, 0.717) is 6.61 Å². The second kappa shape index (κ2) is 18.1. The number of rotatable bonds is 17. The number of hydrogen-bond donors (Lipinski definition) is 1. The zero-order valence-electron chi connectivity index (χ0n) is 22.5. The molecule has 1 amide bonds. The number of unbranched alkanes of at least 4 members (excludes halogenated alkanes) is 9. The molecule has 0 bridgehead atoms. The van der Waals surface area contributed by atoms with Crippen molar-refractivity contribution >= 4 is 23.8 Å². The topological polar surface area (TPSA) is 126 Å². The van der Waals surface area contributed by atoms with Gasteiger partial charge < -0.3 is 29.0 Å². The Labute approximate surface area is 215 Å². The quantitative estimate of drug-likeness (QED) is 0.176. The Morgan fingerprint density at radius 1 is 0.722 bits per heavy atom. The molecule has 5 atom stereocenters. The molecule has 1 rings (SSSR count). The minimum atomic E-state index is -1.11. The highest BCUT2D eigenvalue weighted by atomic mass is 16.7. The van der Waals surface area contributed by atoms with Gasteiger partial charge in [-0.1, -0.05) is 64.7 Å². The van der Waals surface area contributed by atoms with Gasteiger partial charge in [0.1, 0.15) is 18.8 Å². The summed E-state index contributed by atoms with van der Waals surface area (Å²) in [5.41, 5.74) is 0. The molecule has 0 aromatic carbocycles. The van der Waals surface area contributed by atoms with Gasteiger partial charge in [0.05, 0.1) is 0 Å². The molecular formula is C26H45NO9. The van der Waals surface area contributed by atoms with Gasteiger partial charge in [0.2, 0.25) is 5.91 Å². The van der Waals surface area contributed by atoms with Gasteiger partial charge in [0, 0.05) is 34.3 Å². The predicted octanol–water partition coefficient (Wildman–Crippen LogP) is 3.58. The normalized spacial score (nSPS) is 23.5. The van der Waals surface area contributed by atoms with E-state index in [2.05, 4.69) is 12.2 Å². The second-order valence-electron chi connectivity index (χ2n) is 9.27.